The monoisotopic (exact) mass is 265 g/mol. The summed E-state index contributed by atoms with van der Waals surface area (Å²) >= 11 is 0. The van der Waals surface area contributed by atoms with E-state index in [0.29, 0.717) is 0 Å². The van der Waals surface area contributed by atoms with Crippen LogP contribution in [0.4, 0.5) is 0 Å². The molecule has 2 atom stereocenters. The molecule has 0 aliphatic carbocycles. The molecule has 0 saturated carbocycles. The predicted molar refractivity (Wildman–Crippen MR) is 80.5 cm³/mol. The number of likely N-dealkylation sites (tertiary alicyclic amines) is 1. The first-order valence-electron chi connectivity index (χ1n) is 8.57. The fourth-order valence-corrected chi connectivity index (χ4v) is 4.35. The van der Waals surface area contributed by atoms with E-state index in [-0.39, 0.29) is 0 Å². The average Bonchev–Trinajstić information content (AvgIpc) is 2.69. The van der Waals surface area contributed by atoms with Crippen molar-refractivity contribution in [2.24, 2.45) is 0 Å². The molecular formula is C16H31N3. The van der Waals surface area contributed by atoms with Gasteiger partial charge < -0.3 is 4.90 Å². The van der Waals surface area contributed by atoms with Gasteiger partial charge in [-0.3, -0.25) is 9.80 Å². The van der Waals surface area contributed by atoms with Crippen molar-refractivity contribution in [1.82, 2.24) is 14.7 Å². The van der Waals surface area contributed by atoms with Crippen molar-refractivity contribution >= 4 is 0 Å². The second-order valence-corrected chi connectivity index (χ2v) is 6.72. The van der Waals surface area contributed by atoms with Gasteiger partial charge in [-0.05, 0) is 64.8 Å². The van der Waals surface area contributed by atoms with Gasteiger partial charge in [0.05, 0.1) is 0 Å². The molecule has 3 heteroatoms. The molecule has 3 heterocycles. The number of hydrogen-bond donors (Lipinski definition) is 0. The molecule has 0 spiro atoms. The van der Waals surface area contributed by atoms with Gasteiger partial charge in [-0.1, -0.05) is 13.3 Å². The Morgan fingerprint density at radius 2 is 1.47 bits per heavy atom. The summed E-state index contributed by atoms with van der Waals surface area (Å²) in [6.07, 6.45) is 8.57. The summed E-state index contributed by atoms with van der Waals surface area (Å²) in [5.74, 6) is 0. The predicted octanol–water partition coefficient (Wildman–Crippen LogP) is 2.03. The van der Waals surface area contributed by atoms with Gasteiger partial charge in [0, 0.05) is 25.2 Å². The van der Waals surface area contributed by atoms with E-state index in [0.717, 1.165) is 12.1 Å². The van der Waals surface area contributed by atoms with Crippen LogP contribution in [-0.4, -0.2) is 72.6 Å². The maximum absolute atomic E-state index is 2.85. The summed E-state index contributed by atoms with van der Waals surface area (Å²) in [4.78, 5) is 8.28. The molecule has 0 N–H and O–H groups in total. The van der Waals surface area contributed by atoms with E-state index in [1.807, 2.05) is 0 Å². The van der Waals surface area contributed by atoms with Crippen molar-refractivity contribution in [3.05, 3.63) is 0 Å². The van der Waals surface area contributed by atoms with Crippen molar-refractivity contribution in [3.63, 3.8) is 0 Å². The molecule has 3 aliphatic heterocycles. The van der Waals surface area contributed by atoms with Gasteiger partial charge in [0.15, 0.2) is 0 Å². The summed E-state index contributed by atoms with van der Waals surface area (Å²) in [6, 6.07) is 1.71. The maximum Gasteiger partial charge on any atom is 0.0224 e. The molecule has 0 aromatic heterocycles. The number of rotatable bonds is 2. The lowest BCUT2D eigenvalue weighted by molar-refractivity contribution is 0.0785. The van der Waals surface area contributed by atoms with E-state index < -0.39 is 0 Å². The lowest BCUT2D eigenvalue weighted by Gasteiger charge is -2.41. The van der Waals surface area contributed by atoms with Crippen molar-refractivity contribution in [1.29, 1.82) is 0 Å². The molecule has 0 amide bonds. The molecule has 3 aliphatic rings. The molecule has 0 aromatic rings. The Hall–Kier alpha value is -0.120. The fourth-order valence-electron chi connectivity index (χ4n) is 4.35. The van der Waals surface area contributed by atoms with Crippen LogP contribution >= 0.6 is 0 Å². The van der Waals surface area contributed by atoms with E-state index in [4.69, 9.17) is 0 Å². The van der Waals surface area contributed by atoms with E-state index >= 15 is 0 Å². The third-order valence-electron chi connectivity index (χ3n) is 5.53. The number of fused-ring (bicyclic) bond motifs is 1. The Labute approximate surface area is 118 Å². The van der Waals surface area contributed by atoms with Crippen molar-refractivity contribution in [2.75, 3.05) is 45.8 Å². The number of nitrogens with zero attached hydrogens (tertiary/aromatic N) is 3. The summed E-state index contributed by atoms with van der Waals surface area (Å²) in [5, 5.41) is 0. The van der Waals surface area contributed by atoms with Crippen LogP contribution in [0.5, 0.6) is 0 Å². The van der Waals surface area contributed by atoms with Gasteiger partial charge in [0.2, 0.25) is 0 Å². The summed E-state index contributed by atoms with van der Waals surface area (Å²) in [6.45, 7) is 11.6. The van der Waals surface area contributed by atoms with Gasteiger partial charge in [0.25, 0.3) is 0 Å². The normalized spacial score (nSPS) is 35.8. The molecule has 3 nitrogen and oxygen atoms in total. The smallest absolute Gasteiger partial charge is 0.0224 e. The minimum atomic E-state index is 0.843. The zero-order valence-corrected chi connectivity index (χ0v) is 12.7. The molecule has 110 valence electrons. The van der Waals surface area contributed by atoms with Gasteiger partial charge in [-0.25, -0.2) is 0 Å². The standard InChI is InChI=1S/C16H31N3/c1-2-17-9-5-8-15(13-17)19-12-6-11-18-10-4-3-7-16(18)14-19/h15-16H,2-14H2,1H3. The van der Waals surface area contributed by atoms with Gasteiger partial charge in [-0.15, -0.1) is 0 Å². The highest BCUT2D eigenvalue weighted by molar-refractivity contribution is 4.88. The summed E-state index contributed by atoms with van der Waals surface area (Å²) in [5.41, 5.74) is 0. The molecule has 0 radical (unpaired) electrons. The lowest BCUT2D eigenvalue weighted by Crippen LogP contribution is -2.51. The van der Waals surface area contributed by atoms with Crippen molar-refractivity contribution in [3.8, 4) is 0 Å². The van der Waals surface area contributed by atoms with Gasteiger partial charge in [-0.2, -0.15) is 0 Å². The van der Waals surface area contributed by atoms with Crippen molar-refractivity contribution in [2.45, 2.75) is 57.5 Å². The largest absolute Gasteiger partial charge is 0.302 e. The SMILES string of the molecule is CCN1CCCC(N2CCCN3CCCCC3C2)C1. The van der Waals surface area contributed by atoms with Crippen LogP contribution in [0.2, 0.25) is 0 Å². The highest BCUT2D eigenvalue weighted by Gasteiger charge is 2.31. The van der Waals surface area contributed by atoms with E-state index in [9.17, 15) is 0 Å². The topological polar surface area (TPSA) is 9.72 Å². The molecule has 3 fully saturated rings. The number of hydrogen-bond acceptors (Lipinski definition) is 3. The molecule has 3 saturated heterocycles. The molecule has 0 bridgehead atoms. The average molecular weight is 265 g/mol. The molecular weight excluding hydrogens is 234 g/mol. The van der Waals surface area contributed by atoms with E-state index in [1.165, 1.54) is 84.3 Å². The van der Waals surface area contributed by atoms with E-state index in [2.05, 4.69) is 21.6 Å². The Morgan fingerprint density at radius 3 is 2.37 bits per heavy atom. The third kappa shape index (κ3) is 3.32. The Morgan fingerprint density at radius 1 is 0.737 bits per heavy atom. The molecule has 19 heavy (non-hydrogen) atoms. The minimum absolute atomic E-state index is 0.843. The molecule has 0 aromatic carbocycles. The molecule has 2 unspecified atom stereocenters. The highest BCUT2D eigenvalue weighted by atomic mass is 15.3. The highest BCUT2D eigenvalue weighted by Crippen LogP contribution is 2.24. The van der Waals surface area contributed by atoms with Crippen LogP contribution in [0.25, 0.3) is 0 Å². The fraction of sp³-hybridized carbons (Fsp3) is 1.00. The minimum Gasteiger partial charge on any atom is -0.302 e. The first kappa shape index (κ1) is 13.8. The number of piperidine rings is 2. The van der Waals surface area contributed by atoms with Crippen LogP contribution in [0.3, 0.4) is 0 Å². The lowest BCUT2D eigenvalue weighted by atomic mass is 10.00. The van der Waals surface area contributed by atoms with Crippen LogP contribution in [0.1, 0.15) is 45.4 Å². The third-order valence-corrected chi connectivity index (χ3v) is 5.53. The second-order valence-electron chi connectivity index (χ2n) is 6.72. The van der Waals surface area contributed by atoms with Crippen LogP contribution in [0.15, 0.2) is 0 Å². The van der Waals surface area contributed by atoms with Crippen LogP contribution in [0, 0.1) is 0 Å². The van der Waals surface area contributed by atoms with Gasteiger partial charge >= 0.3 is 0 Å². The van der Waals surface area contributed by atoms with Crippen molar-refractivity contribution < 1.29 is 0 Å². The van der Waals surface area contributed by atoms with Crippen LogP contribution in [-0.2, 0) is 0 Å². The second kappa shape index (κ2) is 6.55. The maximum atomic E-state index is 2.85. The Kier molecular flexibility index (Phi) is 4.78. The number of likely N-dealkylation sites (N-methyl/N-ethyl adjacent to an activating group) is 1. The summed E-state index contributed by atoms with van der Waals surface area (Å²) in [7, 11) is 0. The quantitative estimate of drug-likeness (QED) is 0.756. The first-order valence-corrected chi connectivity index (χ1v) is 8.57. The zero-order valence-electron chi connectivity index (χ0n) is 12.7. The summed E-state index contributed by atoms with van der Waals surface area (Å²) < 4.78 is 0. The van der Waals surface area contributed by atoms with E-state index in [1.54, 1.807) is 0 Å². The van der Waals surface area contributed by atoms with Gasteiger partial charge in [0.1, 0.15) is 0 Å². The molecule has 3 rings (SSSR count). The Balaban J connectivity index is 1.60. The zero-order chi connectivity index (χ0) is 13.1. The first-order chi connectivity index (χ1) is 9.36. The van der Waals surface area contributed by atoms with Crippen LogP contribution < -0.4 is 0 Å². The Bertz CT molecular complexity index is 281.